The van der Waals surface area contributed by atoms with Crippen LogP contribution in [0.15, 0.2) is 18.2 Å². The van der Waals surface area contributed by atoms with E-state index in [4.69, 9.17) is 9.47 Å². The second kappa shape index (κ2) is 9.89. The van der Waals surface area contributed by atoms with E-state index >= 15 is 0 Å². The van der Waals surface area contributed by atoms with Crippen molar-refractivity contribution in [2.45, 2.75) is 33.4 Å². The second-order valence-electron chi connectivity index (χ2n) is 4.37. The summed E-state index contributed by atoms with van der Waals surface area (Å²) in [6, 6.07) is 5.15. The maximum absolute atomic E-state index is 13.6. The maximum Gasteiger partial charge on any atom is 0.128 e. The van der Waals surface area contributed by atoms with Crippen molar-refractivity contribution in [3.8, 4) is 0 Å². The molecule has 0 radical (unpaired) electrons. The van der Waals surface area contributed by atoms with Gasteiger partial charge in [-0.15, -0.1) is 0 Å². The van der Waals surface area contributed by atoms with Gasteiger partial charge in [0.1, 0.15) is 5.82 Å². The van der Waals surface area contributed by atoms with E-state index in [0.29, 0.717) is 25.4 Å². The molecule has 1 rings (SSSR count). The van der Waals surface area contributed by atoms with Crippen LogP contribution in [0.25, 0.3) is 0 Å². The number of halogens is 1. The molecule has 0 heterocycles. The maximum atomic E-state index is 13.6. The van der Waals surface area contributed by atoms with E-state index in [-0.39, 0.29) is 5.82 Å². The molecule has 3 nitrogen and oxygen atoms in total. The molecule has 0 aliphatic carbocycles. The van der Waals surface area contributed by atoms with Gasteiger partial charge in [-0.1, -0.05) is 19.9 Å². The summed E-state index contributed by atoms with van der Waals surface area (Å²) in [6.07, 6.45) is 1.00. The molecule has 1 N–H and O–H groups in total. The van der Waals surface area contributed by atoms with Crippen LogP contribution in [0, 0.1) is 5.82 Å². The summed E-state index contributed by atoms with van der Waals surface area (Å²) in [5, 5.41) is 3.22. The van der Waals surface area contributed by atoms with Gasteiger partial charge in [0.2, 0.25) is 0 Å². The molecule has 0 unspecified atom stereocenters. The lowest BCUT2D eigenvalue weighted by Crippen LogP contribution is -2.12. The van der Waals surface area contributed by atoms with Crippen molar-refractivity contribution in [3.63, 3.8) is 0 Å². The Labute approximate surface area is 115 Å². The van der Waals surface area contributed by atoms with Gasteiger partial charge in [0, 0.05) is 18.7 Å². The average Bonchev–Trinajstić information content (AvgIpc) is 2.43. The SMILES string of the molecule is CCCOCCOCc1cc(CNCC)ccc1F. The van der Waals surface area contributed by atoms with Crippen LogP contribution < -0.4 is 5.32 Å². The van der Waals surface area contributed by atoms with Crippen LogP contribution in [0.2, 0.25) is 0 Å². The topological polar surface area (TPSA) is 30.5 Å². The van der Waals surface area contributed by atoms with Crippen molar-refractivity contribution >= 4 is 0 Å². The molecule has 19 heavy (non-hydrogen) atoms. The Morgan fingerprint density at radius 1 is 1.11 bits per heavy atom. The molecule has 1 aromatic rings. The van der Waals surface area contributed by atoms with Gasteiger partial charge in [-0.25, -0.2) is 4.39 Å². The zero-order valence-corrected chi connectivity index (χ0v) is 11.9. The van der Waals surface area contributed by atoms with Gasteiger partial charge in [0.25, 0.3) is 0 Å². The van der Waals surface area contributed by atoms with Crippen LogP contribution >= 0.6 is 0 Å². The Morgan fingerprint density at radius 2 is 1.89 bits per heavy atom. The largest absolute Gasteiger partial charge is 0.379 e. The third kappa shape index (κ3) is 6.66. The molecule has 0 saturated carbocycles. The van der Waals surface area contributed by atoms with Crippen molar-refractivity contribution in [1.29, 1.82) is 0 Å². The molecule has 1 aromatic carbocycles. The van der Waals surface area contributed by atoms with Crippen LogP contribution in [0.1, 0.15) is 31.4 Å². The van der Waals surface area contributed by atoms with Crippen molar-refractivity contribution in [3.05, 3.63) is 35.1 Å². The molecule has 0 fully saturated rings. The van der Waals surface area contributed by atoms with Crippen molar-refractivity contribution in [2.75, 3.05) is 26.4 Å². The van der Waals surface area contributed by atoms with Crippen molar-refractivity contribution in [2.24, 2.45) is 0 Å². The minimum atomic E-state index is -0.213. The summed E-state index contributed by atoms with van der Waals surface area (Å²) < 4.78 is 24.3. The fraction of sp³-hybridized carbons (Fsp3) is 0.600. The summed E-state index contributed by atoms with van der Waals surface area (Å²) in [5.41, 5.74) is 1.68. The first-order valence-corrected chi connectivity index (χ1v) is 6.91. The van der Waals surface area contributed by atoms with Gasteiger partial charge in [0.15, 0.2) is 0 Å². The summed E-state index contributed by atoms with van der Waals surface area (Å²) in [5.74, 6) is -0.213. The predicted molar refractivity (Wildman–Crippen MR) is 74.5 cm³/mol. The molecule has 0 aliphatic rings. The zero-order valence-electron chi connectivity index (χ0n) is 11.9. The Morgan fingerprint density at radius 3 is 2.63 bits per heavy atom. The first-order valence-electron chi connectivity index (χ1n) is 6.91. The lowest BCUT2D eigenvalue weighted by Gasteiger charge is -2.08. The van der Waals surface area contributed by atoms with Crippen molar-refractivity contribution in [1.82, 2.24) is 5.32 Å². The number of ether oxygens (including phenoxy) is 2. The second-order valence-corrected chi connectivity index (χ2v) is 4.37. The molecular formula is C15H24FNO2. The van der Waals surface area contributed by atoms with Gasteiger partial charge in [0.05, 0.1) is 19.8 Å². The Kier molecular flexibility index (Phi) is 8.38. The van der Waals surface area contributed by atoms with Crippen molar-refractivity contribution < 1.29 is 13.9 Å². The van der Waals surface area contributed by atoms with Gasteiger partial charge in [-0.3, -0.25) is 0 Å². The van der Waals surface area contributed by atoms with Crippen LogP contribution in [-0.2, 0) is 22.6 Å². The molecule has 0 spiro atoms. The number of rotatable bonds is 10. The Bertz CT molecular complexity index is 358. The van der Waals surface area contributed by atoms with E-state index in [0.717, 1.165) is 31.7 Å². The van der Waals surface area contributed by atoms with E-state index in [1.165, 1.54) is 6.07 Å². The van der Waals surface area contributed by atoms with Crippen LogP contribution in [0.4, 0.5) is 4.39 Å². The van der Waals surface area contributed by atoms with E-state index in [1.54, 1.807) is 6.07 Å². The van der Waals surface area contributed by atoms with E-state index < -0.39 is 0 Å². The van der Waals surface area contributed by atoms with Gasteiger partial charge in [-0.2, -0.15) is 0 Å². The third-order valence-electron chi connectivity index (χ3n) is 2.67. The van der Waals surface area contributed by atoms with Gasteiger partial charge in [-0.05, 0) is 30.7 Å². The standard InChI is InChI=1S/C15H24FNO2/c1-3-7-18-8-9-19-12-14-10-13(11-17-4-2)5-6-15(14)16/h5-6,10,17H,3-4,7-9,11-12H2,1-2H3. The molecule has 0 atom stereocenters. The zero-order chi connectivity index (χ0) is 13.9. The Hall–Kier alpha value is -0.970. The monoisotopic (exact) mass is 269 g/mol. The van der Waals surface area contributed by atoms with Crippen LogP contribution in [0.3, 0.4) is 0 Å². The molecule has 0 amide bonds. The smallest absolute Gasteiger partial charge is 0.128 e. The molecular weight excluding hydrogens is 245 g/mol. The van der Waals surface area contributed by atoms with Gasteiger partial charge >= 0.3 is 0 Å². The van der Waals surface area contributed by atoms with Crippen LogP contribution in [-0.4, -0.2) is 26.4 Å². The highest BCUT2D eigenvalue weighted by Gasteiger charge is 2.04. The quantitative estimate of drug-likeness (QED) is 0.663. The minimum Gasteiger partial charge on any atom is -0.379 e. The lowest BCUT2D eigenvalue weighted by atomic mass is 10.1. The van der Waals surface area contributed by atoms with Gasteiger partial charge < -0.3 is 14.8 Å². The molecule has 4 heteroatoms. The molecule has 0 aliphatic heterocycles. The van der Waals surface area contributed by atoms with Crippen LogP contribution in [0.5, 0.6) is 0 Å². The third-order valence-corrected chi connectivity index (χ3v) is 2.67. The highest BCUT2D eigenvalue weighted by molar-refractivity contribution is 5.24. The van der Waals surface area contributed by atoms with E-state index in [2.05, 4.69) is 12.2 Å². The Balaban J connectivity index is 2.34. The normalized spacial score (nSPS) is 10.9. The first kappa shape index (κ1) is 16.1. The number of benzene rings is 1. The minimum absolute atomic E-state index is 0.213. The first-order chi connectivity index (χ1) is 9.27. The number of nitrogens with one attached hydrogen (secondary N) is 1. The fourth-order valence-corrected chi connectivity index (χ4v) is 1.66. The fourth-order valence-electron chi connectivity index (χ4n) is 1.66. The number of hydrogen-bond donors (Lipinski definition) is 1. The molecule has 0 saturated heterocycles. The summed E-state index contributed by atoms with van der Waals surface area (Å²) in [4.78, 5) is 0. The molecule has 108 valence electrons. The predicted octanol–water partition coefficient (Wildman–Crippen LogP) is 2.88. The number of hydrogen-bond acceptors (Lipinski definition) is 3. The molecule has 0 aromatic heterocycles. The summed E-state index contributed by atoms with van der Waals surface area (Å²) in [7, 11) is 0. The highest BCUT2D eigenvalue weighted by Crippen LogP contribution is 2.12. The highest BCUT2D eigenvalue weighted by atomic mass is 19.1. The lowest BCUT2D eigenvalue weighted by molar-refractivity contribution is 0.0399. The van der Waals surface area contributed by atoms with E-state index in [1.807, 2.05) is 13.0 Å². The molecule has 0 bridgehead atoms. The van der Waals surface area contributed by atoms with E-state index in [9.17, 15) is 4.39 Å². The summed E-state index contributed by atoms with van der Waals surface area (Å²) in [6.45, 7) is 7.86. The average molecular weight is 269 g/mol. The summed E-state index contributed by atoms with van der Waals surface area (Å²) >= 11 is 0.